The minimum absolute atomic E-state index is 0.0797. The number of ether oxygens (including phenoxy) is 1. The first-order valence-corrected chi connectivity index (χ1v) is 9.40. The van der Waals surface area contributed by atoms with Gasteiger partial charge in [-0.25, -0.2) is 0 Å². The first kappa shape index (κ1) is 20.8. The Bertz CT molecular complexity index is 927. The molecule has 0 spiro atoms. The van der Waals surface area contributed by atoms with Gasteiger partial charge in [0.25, 0.3) is 0 Å². The molecule has 0 aliphatic rings. The molecule has 3 aromatic rings. The second-order valence-electron chi connectivity index (χ2n) is 5.96. The molecule has 0 saturated carbocycles. The van der Waals surface area contributed by atoms with Crippen molar-refractivity contribution < 1.29 is 32.3 Å². The molecule has 154 valence electrons. The lowest BCUT2D eigenvalue weighted by atomic mass is 10.1. The topological polar surface area (TPSA) is 97.5 Å². The van der Waals surface area contributed by atoms with E-state index in [4.69, 9.17) is 4.52 Å². The molecule has 1 amide bonds. The fourth-order valence-electron chi connectivity index (χ4n) is 2.39. The Morgan fingerprint density at radius 2 is 2.03 bits per heavy atom. The van der Waals surface area contributed by atoms with E-state index in [-0.39, 0.29) is 31.0 Å². The smallest absolute Gasteiger partial charge is 0.406 e. The van der Waals surface area contributed by atoms with Crippen LogP contribution in [0.2, 0.25) is 0 Å². The van der Waals surface area contributed by atoms with E-state index in [1.165, 1.54) is 23.5 Å². The van der Waals surface area contributed by atoms with Crippen molar-refractivity contribution in [1.29, 1.82) is 0 Å². The van der Waals surface area contributed by atoms with Crippen LogP contribution in [0.1, 0.15) is 24.0 Å². The number of hydrogen-bond acceptors (Lipinski definition) is 7. The average molecular weight is 427 g/mol. The minimum atomic E-state index is -4.78. The number of aryl methyl sites for hydroxylation is 1. The molecule has 3 rings (SSSR count). The third kappa shape index (κ3) is 6.29. The van der Waals surface area contributed by atoms with Gasteiger partial charge in [-0.15, -0.1) is 13.2 Å². The van der Waals surface area contributed by atoms with Crippen LogP contribution >= 0.6 is 11.3 Å². The van der Waals surface area contributed by atoms with Crippen LogP contribution in [-0.4, -0.2) is 34.1 Å². The second kappa shape index (κ2) is 9.05. The van der Waals surface area contributed by atoms with E-state index >= 15 is 0 Å². The zero-order valence-electron chi connectivity index (χ0n) is 14.8. The van der Waals surface area contributed by atoms with Crippen LogP contribution < -0.4 is 10.1 Å². The van der Waals surface area contributed by atoms with E-state index in [9.17, 15) is 23.1 Å². The number of nitrogens with one attached hydrogen (secondary N) is 1. The van der Waals surface area contributed by atoms with E-state index < -0.39 is 12.5 Å². The summed E-state index contributed by atoms with van der Waals surface area (Å²) in [5, 5.41) is 20.2. The zero-order valence-corrected chi connectivity index (χ0v) is 15.7. The van der Waals surface area contributed by atoms with Gasteiger partial charge in [0.05, 0.1) is 6.10 Å². The molecule has 11 heteroatoms. The van der Waals surface area contributed by atoms with Gasteiger partial charge in [-0.2, -0.15) is 16.3 Å². The minimum Gasteiger partial charge on any atom is -0.406 e. The molecule has 0 radical (unpaired) electrons. The number of nitrogens with zero attached hydrogens (tertiary/aromatic N) is 2. The molecule has 2 heterocycles. The summed E-state index contributed by atoms with van der Waals surface area (Å²) in [6, 6.07) is 6.63. The molecule has 1 atom stereocenters. The highest BCUT2D eigenvalue weighted by molar-refractivity contribution is 7.08. The third-order valence-electron chi connectivity index (χ3n) is 3.80. The fourth-order valence-corrected chi connectivity index (χ4v) is 3.03. The lowest BCUT2D eigenvalue weighted by molar-refractivity contribution is -0.274. The van der Waals surface area contributed by atoms with E-state index in [0.29, 0.717) is 17.3 Å². The van der Waals surface area contributed by atoms with E-state index in [0.717, 1.165) is 17.7 Å². The van der Waals surface area contributed by atoms with Crippen molar-refractivity contribution >= 4 is 17.2 Å². The van der Waals surface area contributed by atoms with Crippen molar-refractivity contribution in [3.63, 3.8) is 0 Å². The molecular formula is C18H16F3N3O4S. The summed E-state index contributed by atoms with van der Waals surface area (Å²) in [5.74, 6) is 0.0485. The average Bonchev–Trinajstić information content (AvgIpc) is 3.35. The first-order valence-electron chi connectivity index (χ1n) is 8.46. The summed E-state index contributed by atoms with van der Waals surface area (Å²) < 4.78 is 45.3. The molecule has 29 heavy (non-hydrogen) atoms. The van der Waals surface area contributed by atoms with Gasteiger partial charge >= 0.3 is 6.36 Å². The number of carbonyl (C=O) groups is 1. The quantitative estimate of drug-likeness (QED) is 0.571. The Balaban J connectivity index is 1.43. The molecule has 0 aliphatic carbocycles. The summed E-state index contributed by atoms with van der Waals surface area (Å²) in [6.07, 6.45) is -5.54. The Kier molecular flexibility index (Phi) is 6.49. The molecule has 7 nitrogen and oxygen atoms in total. The largest absolute Gasteiger partial charge is 0.573 e. The SMILES string of the molecule is O=C(CCc1nc(-c2ccsc2)no1)NCC(O)c1ccc(OC(F)(F)F)cc1. The fraction of sp³-hybridized carbons (Fsp3) is 0.278. The van der Waals surface area contributed by atoms with Crippen LogP contribution in [0.15, 0.2) is 45.6 Å². The van der Waals surface area contributed by atoms with Crippen LogP contribution in [0.3, 0.4) is 0 Å². The lowest BCUT2D eigenvalue weighted by Gasteiger charge is -2.13. The number of carbonyl (C=O) groups excluding carboxylic acids is 1. The molecule has 0 saturated heterocycles. The number of aliphatic hydroxyl groups is 1. The molecular weight excluding hydrogens is 411 g/mol. The molecule has 0 bridgehead atoms. The highest BCUT2D eigenvalue weighted by Crippen LogP contribution is 2.24. The summed E-state index contributed by atoms with van der Waals surface area (Å²) in [5.41, 5.74) is 1.18. The maximum atomic E-state index is 12.1. The molecule has 0 fully saturated rings. The van der Waals surface area contributed by atoms with Gasteiger partial charge in [0.1, 0.15) is 5.75 Å². The number of aromatic nitrogens is 2. The van der Waals surface area contributed by atoms with Gasteiger partial charge in [0.15, 0.2) is 0 Å². The van der Waals surface area contributed by atoms with Crippen LogP contribution in [0.25, 0.3) is 11.4 Å². The van der Waals surface area contributed by atoms with Crippen molar-refractivity contribution in [1.82, 2.24) is 15.5 Å². The number of amides is 1. The van der Waals surface area contributed by atoms with Crippen molar-refractivity contribution in [2.45, 2.75) is 25.3 Å². The Morgan fingerprint density at radius 1 is 1.28 bits per heavy atom. The van der Waals surface area contributed by atoms with Gasteiger partial charge in [0.2, 0.25) is 17.6 Å². The number of alkyl halides is 3. The van der Waals surface area contributed by atoms with Gasteiger partial charge < -0.3 is 19.7 Å². The summed E-state index contributed by atoms with van der Waals surface area (Å²) in [4.78, 5) is 16.2. The maximum Gasteiger partial charge on any atom is 0.573 e. The molecule has 1 unspecified atom stereocenters. The highest BCUT2D eigenvalue weighted by atomic mass is 32.1. The Morgan fingerprint density at radius 3 is 2.69 bits per heavy atom. The van der Waals surface area contributed by atoms with Gasteiger partial charge in [0, 0.05) is 30.3 Å². The first-order chi connectivity index (χ1) is 13.8. The number of aliphatic hydroxyl groups excluding tert-OH is 1. The monoisotopic (exact) mass is 427 g/mol. The summed E-state index contributed by atoms with van der Waals surface area (Å²) >= 11 is 1.51. The lowest BCUT2D eigenvalue weighted by Crippen LogP contribution is -2.28. The van der Waals surface area contributed by atoms with Crippen molar-refractivity contribution in [2.24, 2.45) is 0 Å². The number of rotatable bonds is 8. The van der Waals surface area contributed by atoms with Gasteiger partial charge in [-0.1, -0.05) is 17.3 Å². The van der Waals surface area contributed by atoms with Crippen LogP contribution in [0.5, 0.6) is 5.75 Å². The van der Waals surface area contributed by atoms with E-state index in [1.807, 2.05) is 16.8 Å². The van der Waals surface area contributed by atoms with Gasteiger partial charge in [-0.05, 0) is 29.1 Å². The summed E-state index contributed by atoms with van der Waals surface area (Å²) in [6.45, 7) is -0.0949. The van der Waals surface area contributed by atoms with Crippen molar-refractivity contribution in [2.75, 3.05) is 6.54 Å². The molecule has 0 aliphatic heterocycles. The standard InChI is InChI=1S/C18H16F3N3O4S/c19-18(20,21)27-13-3-1-11(2-4-13)14(25)9-22-15(26)5-6-16-23-17(24-28-16)12-7-8-29-10-12/h1-4,7-8,10,14,25H,5-6,9H2,(H,22,26). The van der Waals surface area contributed by atoms with Crippen molar-refractivity contribution in [3.8, 4) is 17.1 Å². The normalized spacial score (nSPS) is 12.6. The van der Waals surface area contributed by atoms with Gasteiger partial charge in [-0.3, -0.25) is 4.79 Å². The predicted octanol–water partition coefficient (Wildman–Crippen LogP) is 3.48. The predicted molar refractivity (Wildman–Crippen MR) is 97.0 cm³/mol. The van der Waals surface area contributed by atoms with Crippen molar-refractivity contribution in [3.05, 3.63) is 52.5 Å². The highest BCUT2D eigenvalue weighted by Gasteiger charge is 2.31. The summed E-state index contributed by atoms with van der Waals surface area (Å²) in [7, 11) is 0. The number of halogens is 3. The zero-order chi connectivity index (χ0) is 20.9. The van der Waals surface area contributed by atoms with Crippen LogP contribution in [-0.2, 0) is 11.2 Å². The van der Waals surface area contributed by atoms with E-state index in [2.05, 4.69) is 20.2 Å². The van der Waals surface area contributed by atoms with E-state index in [1.54, 1.807) is 0 Å². The van der Waals surface area contributed by atoms with Crippen LogP contribution in [0.4, 0.5) is 13.2 Å². The Labute approximate surface area is 167 Å². The molecule has 1 aromatic carbocycles. The third-order valence-corrected chi connectivity index (χ3v) is 4.49. The number of hydrogen-bond donors (Lipinski definition) is 2. The number of benzene rings is 1. The number of thiophene rings is 1. The second-order valence-corrected chi connectivity index (χ2v) is 6.74. The van der Waals surface area contributed by atoms with Crippen LogP contribution in [0, 0.1) is 0 Å². The molecule has 2 N–H and O–H groups in total. The Hall–Kier alpha value is -2.92. The molecule has 2 aromatic heterocycles. The maximum absolute atomic E-state index is 12.1.